The molecule has 1 aliphatic heterocycles. The van der Waals surface area contributed by atoms with Gasteiger partial charge in [0.2, 0.25) is 5.91 Å². The molecule has 2 aliphatic rings. The van der Waals surface area contributed by atoms with Crippen molar-refractivity contribution in [2.24, 2.45) is 5.92 Å². The topological polar surface area (TPSA) is 61.4 Å². The molecule has 0 bridgehead atoms. The Balaban J connectivity index is 1.51. The van der Waals surface area contributed by atoms with E-state index in [0.717, 1.165) is 32.1 Å². The summed E-state index contributed by atoms with van der Waals surface area (Å²) >= 11 is 0. The Morgan fingerprint density at radius 1 is 1.22 bits per heavy atom. The first-order valence-electron chi connectivity index (χ1n) is 8.58. The van der Waals surface area contributed by atoms with Crippen LogP contribution in [0.25, 0.3) is 0 Å². The van der Waals surface area contributed by atoms with E-state index in [9.17, 15) is 9.59 Å². The Morgan fingerprint density at radius 3 is 2.83 bits per heavy atom. The summed E-state index contributed by atoms with van der Waals surface area (Å²) in [5.74, 6) is 0.462. The van der Waals surface area contributed by atoms with Crippen LogP contribution >= 0.6 is 0 Å². The second kappa shape index (κ2) is 7.49. The molecule has 1 aliphatic carbocycles. The smallest absolute Gasteiger partial charge is 0.317 e. The molecule has 1 saturated heterocycles. The Labute approximate surface area is 137 Å². The lowest BCUT2D eigenvalue weighted by molar-refractivity contribution is -0.122. The van der Waals surface area contributed by atoms with Crippen LogP contribution in [-0.4, -0.2) is 42.5 Å². The normalized spacial score (nSPS) is 24.3. The van der Waals surface area contributed by atoms with Crippen molar-refractivity contribution in [3.8, 4) is 0 Å². The average molecular weight is 315 g/mol. The summed E-state index contributed by atoms with van der Waals surface area (Å²) in [5, 5.41) is 5.94. The number of carbonyl (C=O) groups is 2. The third-order valence-electron chi connectivity index (χ3n) is 4.85. The molecule has 124 valence electrons. The molecule has 0 spiro atoms. The molecular formula is C18H25N3O2. The van der Waals surface area contributed by atoms with Gasteiger partial charge < -0.3 is 15.5 Å². The van der Waals surface area contributed by atoms with Gasteiger partial charge in [-0.05, 0) is 37.2 Å². The molecule has 2 atom stereocenters. The first-order chi connectivity index (χ1) is 11.2. The van der Waals surface area contributed by atoms with Crippen molar-refractivity contribution in [1.29, 1.82) is 0 Å². The molecule has 0 aromatic heterocycles. The molecule has 2 N–H and O–H groups in total. The molecule has 2 fully saturated rings. The number of nitrogens with one attached hydrogen (secondary N) is 2. The van der Waals surface area contributed by atoms with Gasteiger partial charge in [-0.2, -0.15) is 0 Å². The van der Waals surface area contributed by atoms with E-state index >= 15 is 0 Å². The highest BCUT2D eigenvalue weighted by molar-refractivity contribution is 5.84. The lowest BCUT2D eigenvalue weighted by Gasteiger charge is -2.28. The number of hydrogen-bond acceptors (Lipinski definition) is 2. The minimum Gasteiger partial charge on any atom is -0.352 e. The molecule has 5 nitrogen and oxygen atoms in total. The zero-order valence-corrected chi connectivity index (χ0v) is 13.5. The van der Waals surface area contributed by atoms with Gasteiger partial charge in [-0.15, -0.1) is 0 Å². The maximum Gasteiger partial charge on any atom is 0.317 e. The third kappa shape index (κ3) is 4.24. The molecule has 1 heterocycles. The van der Waals surface area contributed by atoms with Gasteiger partial charge in [-0.1, -0.05) is 36.8 Å². The summed E-state index contributed by atoms with van der Waals surface area (Å²) in [7, 11) is 0. The van der Waals surface area contributed by atoms with Crippen LogP contribution in [0.4, 0.5) is 4.79 Å². The summed E-state index contributed by atoms with van der Waals surface area (Å²) in [6, 6.07) is 10.6. The van der Waals surface area contributed by atoms with Crippen LogP contribution < -0.4 is 10.6 Å². The molecule has 1 saturated carbocycles. The summed E-state index contributed by atoms with van der Waals surface area (Å²) < 4.78 is 0. The lowest BCUT2D eigenvalue weighted by Crippen LogP contribution is -2.51. The number of rotatable bonds is 5. The number of carbonyl (C=O) groups excluding carboxylic acids is 2. The standard InChI is InChI=1S/C18H25N3O2/c22-17(13-21-11-5-10-19-18(21)23)20-16-9-4-8-15(16)12-14-6-2-1-3-7-14/h1-3,6-7,15-16H,4-5,8-13H2,(H,19,23)(H,20,22)/t15-,16-/m1/s1. The van der Waals surface area contributed by atoms with Crippen molar-refractivity contribution in [1.82, 2.24) is 15.5 Å². The molecule has 0 unspecified atom stereocenters. The van der Waals surface area contributed by atoms with E-state index in [4.69, 9.17) is 0 Å². The van der Waals surface area contributed by atoms with Gasteiger partial charge in [-0.25, -0.2) is 4.79 Å². The maximum atomic E-state index is 12.3. The van der Waals surface area contributed by atoms with Crippen molar-refractivity contribution in [3.63, 3.8) is 0 Å². The van der Waals surface area contributed by atoms with Crippen molar-refractivity contribution in [3.05, 3.63) is 35.9 Å². The van der Waals surface area contributed by atoms with E-state index in [2.05, 4.69) is 34.9 Å². The zero-order chi connectivity index (χ0) is 16.1. The fourth-order valence-electron chi connectivity index (χ4n) is 3.64. The third-order valence-corrected chi connectivity index (χ3v) is 4.85. The van der Waals surface area contributed by atoms with Gasteiger partial charge in [0.15, 0.2) is 0 Å². The van der Waals surface area contributed by atoms with Crippen LogP contribution in [0.1, 0.15) is 31.2 Å². The highest BCUT2D eigenvalue weighted by Gasteiger charge is 2.29. The van der Waals surface area contributed by atoms with Crippen LogP contribution in [0.15, 0.2) is 30.3 Å². The van der Waals surface area contributed by atoms with Crippen molar-refractivity contribution < 1.29 is 9.59 Å². The van der Waals surface area contributed by atoms with E-state index < -0.39 is 0 Å². The first-order valence-corrected chi connectivity index (χ1v) is 8.58. The molecule has 23 heavy (non-hydrogen) atoms. The molecule has 3 rings (SSSR count). The van der Waals surface area contributed by atoms with Gasteiger partial charge in [0.1, 0.15) is 6.54 Å². The largest absolute Gasteiger partial charge is 0.352 e. The van der Waals surface area contributed by atoms with Gasteiger partial charge in [0, 0.05) is 19.1 Å². The minimum atomic E-state index is -0.126. The fourth-order valence-corrected chi connectivity index (χ4v) is 3.64. The predicted octanol–water partition coefficient (Wildman–Crippen LogP) is 1.93. The van der Waals surface area contributed by atoms with Gasteiger partial charge in [-0.3, -0.25) is 4.79 Å². The highest BCUT2D eigenvalue weighted by Crippen LogP contribution is 2.28. The van der Waals surface area contributed by atoms with E-state index in [1.54, 1.807) is 4.90 Å². The van der Waals surface area contributed by atoms with E-state index in [1.807, 2.05) is 6.07 Å². The number of benzene rings is 1. The van der Waals surface area contributed by atoms with E-state index in [1.165, 1.54) is 5.56 Å². The van der Waals surface area contributed by atoms with Crippen LogP contribution in [0.5, 0.6) is 0 Å². The Morgan fingerprint density at radius 2 is 2.04 bits per heavy atom. The maximum absolute atomic E-state index is 12.3. The quantitative estimate of drug-likeness (QED) is 0.872. The van der Waals surface area contributed by atoms with Crippen molar-refractivity contribution in [2.45, 2.75) is 38.1 Å². The van der Waals surface area contributed by atoms with Crippen LogP contribution in [0.2, 0.25) is 0 Å². The molecule has 5 heteroatoms. The Bertz CT molecular complexity index is 546. The predicted molar refractivity (Wildman–Crippen MR) is 89.0 cm³/mol. The molecule has 1 aromatic rings. The molecular weight excluding hydrogens is 290 g/mol. The minimum absolute atomic E-state index is 0.0352. The van der Waals surface area contributed by atoms with Gasteiger partial charge in [0.05, 0.1) is 0 Å². The number of amides is 3. The summed E-state index contributed by atoms with van der Waals surface area (Å²) in [5.41, 5.74) is 1.33. The Hall–Kier alpha value is -2.04. The molecule has 1 aromatic carbocycles. The number of nitrogens with zero attached hydrogens (tertiary/aromatic N) is 1. The Kier molecular flexibility index (Phi) is 5.16. The van der Waals surface area contributed by atoms with Crippen molar-refractivity contribution in [2.75, 3.05) is 19.6 Å². The number of urea groups is 1. The second-order valence-electron chi connectivity index (χ2n) is 6.56. The fraction of sp³-hybridized carbons (Fsp3) is 0.556. The average Bonchev–Trinajstić information content (AvgIpc) is 2.97. The highest BCUT2D eigenvalue weighted by atomic mass is 16.2. The summed E-state index contributed by atoms with van der Waals surface area (Å²) in [6.45, 7) is 1.54. The van der Waals surface area contributed by atoms with Crippen LogP contribution in [0.3, 0.4) is 0 Å². The number of hydrogen-bond donors (Lipinski definition) is 2. The van der Waals surface area contributed by atoms with Crippen molar-refractivity contribution >= 4 is 11.9 Å². The summed E-state index contributed by atoms with van der Waals surface area (Å²) in [6.07, 6.45) is 5.27. The van der Waals surface area contributed by atoms with E-state index in [0.29, 0.717) is 19.0 Å². The summed E-state index contributed by atoms with van der Waals surface area (Å²) in [4.78, 5) is 25.6. The zero-order valence-electron chi connectivity index (χ0n) is 13.5. The molecule has 3 amide bonds. The monoisotopic (exact) mass is 315 g/mol. The first kappa shape index (κ1) is 15.8. The van der Waals surface area contributed by atoms with Crippen LogP contribution in [0, 0.1) is 5.92 Å². The second-order valence-corrected chi connectivity index (χ2v) is 6.56. The van der Waals surface area contributed by atoms with Gasteiger partial charge >= 0.3 is 6.03 Å². The van der Waals surface area contributed by atoms with Crippen LogP contribution in [-0.2, 0) is 11.2 Å². The lowest BCUT2D eigenvalue weighted by atomic mass is 9.94. The van der Waals surface area contributed by atoms with E-state index in [-0.39, 0.29) is 24.5 Å². The SMILES string of the molecule is O=C(CN1CCCNC1=O)N[C@@H]1CCC[C@@H]1Cc1ccccc1. The molecule has 0 radical (unpaired) electrons. The van der Waals surface area contributed by atoms with Gasteiger partial charge in [0.25, 0.3) is 0 Å².